The molecule has 0 amide bonds. The maximum absolute atomic E-state index is 9.20. The zero-order valence-corrected chi connectivity index (χ0v) is 16.2. The predicted molar refractivity (Wildman–Crippen MR) is 96.9 cm³/mol. The normalized spacial score (nSPS) is 12.0. The number of azo groups is 1. The Hall–Kier alpha value is -3.53. The highest BCUT2D eigenvalue weighted by atomic mass is 15.5. The van der Waals surface area contributed by atoms with Crippen LogP contribution in [0.15, 0.2) is 10.2 Å². The van der Waals surface area contributed by atoms with E-state index in [0.29, 0.717) is 12.2 Å². The molecular weight excluding hydrogens is 344 g/mol. The SMILES string of the molecule is CCn1nc(C)n2nc(C(C)(C)C)c(/N=N/c3nc(C#N)c(C#N)n3C)c12. The number of aryl methyl sites for hydroxylation is 2. The summed E-state index contributed by atoms with van der Waals surface area (Å²) < 4.78 is 5.03. The van der Waals surface area contributed by atoms with Crippen molar-refractivity contribution < 1.29 is 0 Å². The molecule has 0 atom stereocenters. The van der Waals surface area contributed by atoms with Crippen molar-refractivity contribution in [3.63, 3.8) is 0 Å². The maximum Gasteiger partial charge on any atom is 0.251 e. The van der Waals surface area contributed by atoms with E-state index in [1.807, 2.05) is 30.7 Å². The monoisotopic (exact) mass is 364 g/mol. The van der Waals surface area contributed by atoms with Gasteiger partial charge in [-0.1, -0.05) is 20.8 Å². The molecule has 0 aliphatic carbocycles. The van der Waals surface area contributed by atoms with Crippen molar-refractivity contribution in [2.24, 2.45) is 17.3 Å². The van der Waals surface area contributed by atoms with E-state index in [1.165, 1.54) is 4.57 Å². The fourth-order valence-corrected chi connectivity index (χ4v) is 2.82. The molecule has 27 heavy (non-hydrogen) atoms. The molecule has 0 unspecified atom stereocenters. The Balaban J connectivity index is 2.23. The molecule has 3 aromatic rings. The summed E-state index contributed by atoms with van der Waals surface area (Å²) in [5, 5.41) is 36.1. The highest BCUT2D eigenvalue weighted by molar-refractivity contribution is 5.69. The topological polar surface area (TPSA) is 125 Å². The average Bonchev–Trinajstić information content (AvgIpc) is 3.24. The summed E-state index contributed by atoms with van der Waals surface area (Å²) in [6.07, 6.45) is 0. The van der Waals surface area contributed by atoms with E-state index in [9.17, 15) is 5.26 Å². The summed E-state index contributed by atoms with van der Waals surface area (Å²) in [5.41, 5.74) is 2.05. The van der Waals surface area contributed by atoms with Gasteiger partial charge in [-0.05, 0) is 13.8 Å². The second-order valence-electron chi connectivity index (χ2n) is 7.14. The number of imidazole rings is 1. The van der Waals surface area contributed by atoms with Crippen molar-refractivity contribution >= 4 is 17.3 Å². The second-order valence-corrected chi connectivity index (χ2v) is 7.14. The Kier molecular flexibility index (Phi) is 4.28. The van der Waals surface area contributed by atoms with Crippen molar-refractivity contribution in [3.05, 3.63) is 22.9 Å². The molecule has 138 valence electrons. The number of hydrogen-bond donors (Lipinski definition) is 0. The van der Waals surface area contributed by atoms with Gasteiger partial charge in [0.25, 0.3) is 5.95 Å². The van der Waals surface area contributed by atoms with Crippen LogP contribution in [0.25, 0.3) is 5.65 Å². The van der Waals surface area contributed by atoms with Gasteiger partial charge in [0.1, 0.15) is 18.0 Å². The molecule has 3 heterocycles. The third-order valence-corrected chi connectivity index (χ3v) is 4.19. The summed E-state index contributed by atoms with van der Waals surface area (Å²) in [4.78, 5) is 4.09. The fraction of sp³-hybridized carbons (Fsp3) is 0.471. The van der Waals surface area contributed by atoms with Crippen molar-refractivity contribution in [1.29, 1.82) is 10.5 Å². The fourth-order valence-electron chi connectivity index (χ4n) is 2.82. The van der Waals surface area contributed by atoms with Crippen LogP contribution in [0.5, 0.6) is 0 Å². The third-order valence-electron chi connectivity index (χ3n) is 4.19. The standard InChI is InChI=1S/C17H20N10/c1-7-26-15-13(14(17(3,4)5)24-27(15)10(2)23-26)21-22-16-20-11(8-18)12(9-19)25(16)6/h7H2,1-6H3/b22-21+. The molecule has 3 rings (SSSR count). The van der Waals surface area contributed by atoms with Gasteiger partial charge >= 0.3 is 0 Å². The van der Waals surface area contributed by atoms with Crippen LogP contribution in [0, 0.1) is 29.6 Å². The summed E-state index contributed by atoms with van der Waals surface area (Å²) in [6, 6.07) is 3.86. The number of rotatable bonds is 3. The minimum atomic E-state index is -0.261. The molecule has 0 saturated heterocycles. The molecule has 0 aliphatic rings. The lowest BCUT2D eigenvalue weighted by Crippen LogP contribution is -2.12. The summed E-state index contributed by atoms with van der Waals surface area (Å²) in [7, 11) is 1.62. The van der Waals surface area contributed by atoms with Crippen molar-refractivity contribution in [3.8, 4) is 12.1 Å². The minimum Gasteiger partial charge on any atom is -0.301 e. The third kappa shape index (κ3) is 2.85. The van der Waals surface area contributed by atoms with E-state index in [0.717, 1.165) is 17.2 Å². The molecule has 3 aromatic heterocycles. The molecule has 0 spiro atoms. The van der Waals surface area contributed by atoms with Crippen molar-refractivity contribution in [2.45, 2.75) is 46.6 Å². The Labute approximate surface area is 156 Å². The lowest BCUT2D eigenvalue weighted by Gasteiger charge is -2.15. The van der Waals surface area contributed by atoms with E-state index < -0.39 is 0 Å². The number of nitriles is 2. The predicted octanol–water partition coefficient (Wildman–Crippen LogP) is 3.05. The van der Waals surface area contributed by atoms with Crippen LogP contribution < -0.4 is 0 Å². The Morgan fingerprint density at radius 3 is 2.33 bits per heavy atom. The quantitative estimate of drug-likeness (QED) is 0.660. The summed E-state index contributed by atoms with van der Waals surface area (Å²) in [5.74, 6) is 0.941. The molecule has 10 nitrogen and oxygen atoms in total. The molecule has 0 radical (unpaired) electrons. The number of hydrogen-bond acceptors (Lipinski definition) is 7. The van der Waals surface area contributed by atoms with Crippen LogP contribution in [0.2, 0.25) is 0 Å². The zero-order valence-electron chi connectivity index (χ0n) is 16.2. The lowest BCUT2D eigenvalue weighted by molar-refractivity contribution is 0.561. The van der Waals surface area contributed by atoms with E-state index in [1.54, 1.807) is 11.6 Å². The molecule has 0 aromatic carbocycles. The Morgan fingerprint density at radius 2 is 1.81 bits per heavy atom. The highest BCUT2D eigenvalue weighted by Gasteiger charge is 2.28. The van der Waals surface area contributed by atoms with Gasteiger partial charge in [-0.3, -0.25) is 0 Å². The zero-order chi connectivity index (χ0) is 19.9. The largest absolute Gasteiger partial charge is 0.301 e. The molecular formula is C17H20N10. The van der Waals surface area contributed by atoms with Gasteiger partial charge in [0.05, 0.1) is 5.69 Å². The van der Waals surface area contributed by atoms with E-state index in [4.69, 9.17) is 5.26 Å². The smallest absolute Gasteiger partial charge is 0.251 e. The minimum absolute atomic E-state index is 0.0274. The van der Waals surface area contributed by atoms with E-state index in [-0.39, 0.29) is 22.8 Å². The van der Waals surface area contributed by atoms with Crippen LogP contribution >= 0.6 is 0 Å². The summed E-state index contributed by atoms with van der Waals surface area (Å²) in [6.45, 7) is 10.7. The first kappa shape index (κ1) is 18.3. The molecule has 0 aliphatic heterocycles. The van der Waals surface area contributed by atoms with Crippen LogP contribution in [-0.4, -0.2) is 28.9 Å². The van der Waals surface area contributed by atoms with Crippen LogP contribution in [0.3, 0.4) is 0 Å². The van der Waals surface area contributed by atoms with Gasteiger partial charge in [-0.25, -0.2) is 4.68 Å². The maximum atomic E-state index is 9.20. The first-order chi connectivity index (χ1) is 12.7. The van der Waals surface area contributed by atoms with E-state index in [2.05, 4.69) is 46.2 Å². The second kappa shape index (κ2) is 6.32. The van der Waals surface area contributed by atoms with Crippen molar-refractivity contribution in [2.75, 3.05) is 0 Å². The van der Waals surface area contributed by atoms with Crippen LogP contribution in [0.1, 0.15) is 50.6 Å². The van der Waals surface area contributed by atoms with Crippen LogP contribution in [0.4, 0.5) is 11.6 Å². The summed E-state index contributed by atoms with van der Waals surface area (Å²) >= 11 is 0. The average molecular weight is 364 g/mol. The Morgan fingerprint density at radius 1 is 1.11 bits per heavy atom. The van der Waals surface area contributed by atoms with Gasteiger partial charge in [0, 0.05) is 19.0 Å². The molecule has 0 saturated carbocycles. The molecule has 10 heteroatoms. The Bertz CT molecular complexity index is 1130. The van der Waals surface area contributed by atoms with E-state index >= 15 is 0 Å². The van der Waals surface area contributed by atoms with Crippen molar-refractivity contribution in [1.82, 2.24) is 28.9 Å². The number of fused-ring (bicyclic) bond motifs is 1. The first-order valence-electron chi connectivity index (χ1n) is 8.48. The lowest BCUT2D eigenvalue weighted by atomic mass is 9.91. The van der Waals surface area contributed by atoms with Gasteiger partial charge in [0.15, 0.2) is 22.7 Å². The van der Waals surface area contributed by atoms with Crippen LogP contribution in [-0.2, 0) is 19.0 Å². The van der Waals surface area contributed by atoms with Gasteiger partial charge in [-0.2, -0.15) is 30.2 Å². The highest BCUT2D eigenvalue weighted by Crippen LogP contribution is 2.35. The number of nitrogens with zero attached hydrogens (tertiary/aromatic N) is 10. The molecule has 0 bridgehead atoms. The van der Waals surface area contributed by atoms with Gasteiger partial charge < -0.3 is 4.57 Å². The van der Waals surface area contributed by atoms with Gasteiger partial charge in [0.2, 0.25) is 0 Å². The number of aromatic nitrogens is 6. The first-order valence-corrected chi connectivity index (χ1v) is 8.48. The molecule has 0 fully saturated rings. The van der Waals surface area contributed by atoms with Gasteiger partial charge in [-0.15, -0.1) is 10.2 Å². The molecule has 0 N–H and O–H groups in total.